The zero-order valence-corrected chi connectivity index (χ0v) is 15.2. The lowest BCUT2D eigenvalue weighted by Crippen LogP contribution is -2.20. The third-order valence-electron chi connectivity index (χ3n) is 2.84. The van der Waals surface area contributed by atoms with Crippen LogP contribution in [0.2, 0.25) is 5.02 Å². The van der Waals surface area contributed by atoms with Crippen LogP contribution in [0.5, 0.6) is 0 Å². The van der Waals surface area contributed by atoms with Crippen LogP contribution < -0.4 is 10.0 Å². The molecule has 0 aliphatic heterocycles. The molecule has 8 heteroatoms. The van der Waals surface area contributed by atoms with Crippen molar-refractivity contribution in [2.75, 3.05) is 12.4 Å². The minimum atomic E-state index is -3.64. The first-order valence-electron chi connectivity index (χ1n) is 6.13. The van der Waals surface area contributed by atoms with Crippen LogP contribution in [0.3, 0.4) is 0 Å². The molecule has 0 fully saturated rings. The summed E-state index contributed by atoms with van der Waals surface area (Å²) < 4.78 is 26.8. The third-order valence-corrected chi connectivity index (χ3v) is 5.26. The van der Waals surface area contributed by atoms with Gasteiger partial charge in [0.15, 0.2) is 0 Å². The van der Waals surface area contributed by atoms with Gasteiger partial charge in [-0.05, 0) is 66.0 Å². The Morgan fingerprint density at radius 3 is 2.55 bits per heavy atom. The molecule has 0 saturated heterocycles. The minimum absolute atomic E-state index is 0.0211. The van der Waals surface area contributed by atoms with Crippen LogP contribution in [-0.4, -0.2) is 21.4 Å². The lowest BCUT2D eigenvalue weighted by molar-refractivity contribution is 0.102. The predicted molar refractivity (Wildman–Crippen MR) is 94.8 cm³/mol. The van der Waals surface area contributed by atoms with Gasteiger partial charge in [-0.25, -0.2) is 13.1 Å². The number of carbonyl (C=O) groups is 1. The van der Waals surface area contributed by atoms with E-state index in [-0.39, 0.29) is 15.5 Å². The number of amides is 1. The highest BCUT2D eigenvalue weighted by Gasteiger charge is 2.17. The number of sulfonamides is 1. The van der Waals surface area contributed by atoms with Gasteiger partial charge in [0.2, 0.25) is 10.0 Å². The summed E-state index contributed by atoms with van der Waals surface area (Å²) in [4.78, 5) is 12.3. The van der Waals surface area contributed by atoms with E-state index in [2.05, 4.69) is 32.6 Å². The molecule has 0 bridgehead atoms. The molecule has 0 aliphatic rings. The molecule has 116 valence electrons. The first kappa shape index (κ1) is 17.2. The molecule has 0 saturated carbocycles. The van der Waals surface area contributed by atoms with E-state index in [1.54, 1.807) is 18.2 Å². The highest BCUT2D eigenvalue weighted by molar-refractivity contribution is 14.1. The Hall–Kier alpha value is -1.16. The van der Waals surface area contributed by atoms with Crippen LogP contribution in [-0.2, 0) is 10.0 Å². The maximum atomic E-state index is 12.3. The molecule has 0 atom stereocenters. The number of halogens is 2. The number of carbonyl (C=O) groups excluding carboxylic acids is 1. The molecule has 0 unspecified atom stereocenters. The first-order valence-corrected chi connectivity index (χ1v) is 9.07. The summed E-state index contributed by atoms with van der Waals surface area (Å²) in [6.07, 6.45) is 0. The van der Waals surface area contributed by atoms with Gasteiger partial charge in [-0.1, -0.05) is 17.7 Å². The van der Waals surface area contributed by atoms with Crippen LogP contribution in [0.1, 0.15) is 10.4 Å². The summed E-state index contributed by atoms with van der Waals surface area (Å²) in [6, 6.07) is 11.2. The zero-order chi connectivity index (χ0) is 16.3. The Balaban J connectivity index is 2.35. The lowest BCUT2D eigenvalue weighted by Gasteiger charge is -2.09. The maximum Gasteiger partial charge on any atom is 0.257 e. The zero-order valence-electron chi connectivity index (χ0n) is 11.4. The molecule has 5 nitrogen and oxygen atoms in total. The quantitative estimate of drug-likeness (QED) is 0.703. The van der Waals surface area contributed by atoms with E-state index in [1.807, 2.05) is 6.07 Å². The van der Waals surface area contributed by atoms with Gasteiger partial charge in [0.1, 0.15) is 0 Å². The summed E-state index contributed by atoms with van der Waals surface area (Å²) in [5, 5.41) is 2.87. The maximum absolute atomic E-state index is 12.3. The van der Waals surface area contributed by atoms with Gasteiger partial charge in [-0.15, -0.1) is 0 Å². The first-order chi connectivity index (χ1) is 10.3. The smallest absolute Gasteiger partial charge is 0.257 e. The summed E-state index contributed by atoms with van der Waals surface area (Å²) in [5.74, 6) is -0.472. The van der Waals surface area contributed by atoms with Crippen molar-refractivity contribution in [1.82, 2.24) is 4.72 Å². The monoisotopic (exact) mass is 450 g/mol. The Kier molecular flexibility index (Phi) is 5.43. The summed E-state index contributed by atoms with van der Waals surface area (Å²) in [6.45, 7) is 0. The van der Waals surface area contributed by atoms with Crippen molar-refractivity contribution in [3.05, 3.63) is 56.6 Å². The van der Waals surface area contributed by atoms with Crippen LogP contribution in [0.15, 0.2) is 47.4 Å². The fourth-order valence-electron chi connectivity index (χ4n) is 1.73. The Morgan fingerprint density at radius 1 is 1.18 bits per heavy atom. The van der Waals surface area contributed by atoms with Gasteiger partial charge in [-0.3, -0.25) is 4.79 Å². The molecule has 0 heterocycles. The van der Waals surface area contributed by atoms with E-state index in [4.69, 9.17) is 11.6 Å². The van der Waals surface area contributed by atoms with E-state index in [0.717, 1.165) is 3.57 Å². The van der Waals surface area contributed by atoms with Gasteiger partial charge in [0.25, 0.3) is 5.91 Å². The van der Waals surface area contributed by atoms with Gasteiger partial charge in [0, 0.05) is 9.26 Å². The second-order valence-electron chi connectivity index (χ2n) is 4.31. The molecule has 0 spiro atoms. The molecule has 2 N–H and O–H groups in total. The van der Waals surface area contributed by atoms with E-state index in [0.29, 0.717) is 5.69 Å². The molecule has 0 aliphatic carbocycles. The van der Waals surface area contributed by atoms with E-state index >= 15 is 0 Å². The van der Waals surface area contributed by atoms with Crippen LogP contribution in [0.4, 0.5) is 5.69 Å². The van der Waals surface area contributed by atoms with Gasteiger partial charge >= 0.3 is 0 Å². The Labute approximate surface area is 147 Å². The summed E-state index contributed by atoms with van der Waals surface area (Å²) in [5.41, 5.74) is 0.701. The molecule has 2 aromatic rings. The molecule has 1 amide bonds. The van der Waals surface area contributed by atoms with Gasteiger partial charge in [0.05, 0.1) is 15.5 Å². The predicted octanol–water partition coefficient (Wildman–Crippen LogP) is 3.11. The van der Waals surface area contributed by atoms with Crippen molar-refractivity contribution in [3.63, 3.8) is 0 Å². The summed E-state index contributed by atoms with van der Waals surface area (Å²) >= 11 is 8.13. The SMILES string of the molecule is CNS(=O)(=O)c1ccc(Cl)c(C(=O)Nc2cccc(I)c2)c1. The number of benzene rings is 2. The minimum Gasteiger partial charge on any atom is -0.322 e. The lowest BCUT2D eigenvalue weighted by atomic mass is 10.2. The van der Waals surface area contributed by atoms with Crippen molar-refractivity contribution >= 4 is 55.8 Å². The molecular formula is C14H12ClIN2O3S. The van der Waals surface area contributed by atoms with E-state index < -0.39 is 15.9 Å². The highest BCUT2D eigenvalue weighted by atomic mass is 127. The topological polar surface area (TPSA) is 75.3 Å². The fourth-order valence-corrected chi connectivity index (χ4v) is 3.23. The number of rotatable bonds is 4. The average molecular weight is 451 g/mol. The normalized spacial score (nSPS) is 11.2. The summed E-state index contributed by atoms with van der Waals surface area (Å²) in [7, 11) is -2.34. The molecular weight excluding hydrogens is 439 g/mol. The third kappa shape index (κ3) is 3.97. The van der Waals surface area contributed by atoms with Crippen molar-refractivity contribution in [2.45, 2.75) is 4.90 Å². The molecule has 2 aromatic carbocycles. The van der Waals surface area contributed by atoms with Crippen LogP contribution >= 0.6 is 34.2 Å². The number of anilines is 1. The molecule has 22 heavy (non-hydrogen) atoms. The average Bonchev–Trinajstić information content (AvgIpc) is 2.47. The number of hydrogen-bond acceptors (Lipinski definition) is 3. The Bertz CT molecular complexity index is 825. The number of hydrogen-bond donors (Lipinski definition) is 2. The van der Waals surface area contributed by atoms with Crippen molar-refractivity contribution in [3.8, 4) is 0 Å². The van der Waals surface area contributed by atoms with Crippen molar-refractivity contribution < 1.29 is 13.2 Å². The second kappa shape index (κ2) is 6.95. The second-order valence-corrected chi connectivity index (χ2v) is 7.85. The molecule has 0 radical (unpaired) electrons. The fraction of sp³-hybridized carbons (Fsp3) is 0.0714. The largest absolute Gasteiger partial charge is 0.322 e. The van der Waals surface area contributed by atoms with Crippen molar-refractivity contribution in [1.29, 1.82) is 0 Å². The molecule has 2 rings (SSSR count). The van der Waals surface area contributed by atoms with Gasteiger partial charge in [-0.2, -0.15) is 0 Å². The van der Waals surface area contributed by atoms with Crippen molar-refractivity contribution in [2.24, 2.45) is 0 Å². The van der Waals surface area contributed by atoms with E-state index in [9.17, 15) is 13.2 Å². The van der Waals surface area contributed by atoms with Gasteiger partial charge < -0.3 is 5.32 Å². The van der Waals surface area contributed by atoms with Crippen LogP contribution in [0, 0.1) is 3.57 Å². The standard InChI is InChI=1S/C14H12ClIN2O3S/c1-17-22(20,21)11-5-6-13(15)12(8-11)14(19)18-10-4-2-3-9(16)7-10/h2-8,17H,1H3,(H,18,19). The molecule has 0 aromatic heterocycles. The Morgan fingerprint density at radius 2 is 1.91 bits per heavy atom. The highest BCUT2D eigenvalue weighted by Crippen LogP contribution is 2.22. The van der Waals surface area contributed by atoms with E-state index in [1.165, 1.54) is 25.2 Å². The number of nitrogens with one attached hydrogen (secondary N) is 2. The van der Waals surface area contributed by atoms with Crippen LogP contribution in [0.25, 0.3) is 0 Å².